The molecule has 0 bridgehead atoms. The maximum Gasteiger partial charge on any atom is 0.271 e. The van der Waals surface area contributed by atoms with Gasteiger partial charge in [-0.15, -0.1) is 0 Å². The lowest BCUT2D eigenvalue weighted by atomic mass is 9.43. The van der Waals surface area contributed by atoms with E-state index in [1.807, 2.05) is 12.1 Å². The van der Waals surface area contributed by atoms with Crippen LogP contribution in [-0.2, 0) is 0 Å². The maximum atomic E-state index is 10.1. The smallest absolute Gasteiger partial charge is 0.271 e. The zero-order valence-corrected chi connectivity index (χ0v) is 15.4. The molecule has 28 heavy (non-hydrogen) atoms. The lowest BCUT2D eigenvalue weighted by Crippen LogP contribution is -2.12. The molecule has 0 saturated carbocycles. The van der Waals surface area contributed by atoms with E-state index < -0.39 is 0 Å². The molecule has 0 spiro atoms. The van der Waals surface area contributed by atoms with Gasteiger partial charge in [0, 0.05) is 33.7 Å². The van der Waals surface area contributed by atoms with Gasteiger partial charge >= 0.3 is 0 Å². The highest BCUT2D eigenvalue weighted by atomic mass is 16.3. The molecular formula is C22H21BN4O. The van der Waals surface area contributed by atoms with E-state index in [0.717, 1.165) is 41.1 Å². The Morgan fingerprint density at radius 2 is 2.07 bits per heavy atom. The lowest BCUT2D eigenvalue weighted by molar-refractivity contribution is 0.473. The van der Waals surface area contributed by atoms with Gasteiger partial charge in [0.2, 0.25) is 0 Å². The molecule has 0 fully saturated rings. The third-order valence-corrected chi connectivity index (χ3v) is 5.35. The first-order chi connectivity index (χ1) is 13.6. The van der Waals surface area contributed by atoms with Crippen LogP contribution in [0.15, 0.2) is 48.5 Å². The predicted octanol–water partition coefficient (Wildman–Crippen LogP) is 4.26. The van der Waals surface area contributed by atoms with Gasteiger partial charge in [-0.05, 0) is 54.2 Å². The quantitative estimate of drug-likeness (QED) is 0.518. The Morgan fingerprint density at radius 1 is 1.25 bits per heavy atom. The number of para-hydroxylation sites is 1. The fourth-order valence-corrected chi connectivity index (χ4v) is 3.75. The third-order valence-electron chi connectivity index (χ3n) is 5.35. The Hall–Kier alpha value is -3.59. The zero-order chi connectivity index (χ0) is 19.7. The number of nitrogens with two attached hydrogens (primary N) is 2. The number of phenolic OH excluding ortho intramolecular Hbond substituents is 1. The van der Waals surface area contributed by atoms with Crippen LogP contribution in [0, 0.1) is 11.2 Å². The van der Waals surface area contributed by atoms with Gasteiger partial charge in [0.25, 0.3) is 6.71 Å². The minimum absolute atomic E-state index is 0.118. The van der Waals surface area contributed by atoms with Crippen molar-refractivity contribution in [3.05, 3.63) is 65.2 Å². The molecular weight excluding hydrogens is 347 g/mol. The number of anilines is 1. The molecule has 6 heteroatoms. The van der Waals surface area contributed by atoms with Gasteiger partial charge in [-0.25, -0.2) is 5.26 Å². The average Bonchev–Trinajstić information content (AvgIpc) is 3.03. The van der Waals surface area contributed by atoms with Crippen LogP contribution in [-0.4, -0.2) is 16.8 Å². The van der Waals surface area contributed by atoms with Crippen LogP contribution in [0.4, 0.5) is 5.82 Å². The van der Waals surface area contributed by atoms with Crippen molar-refractivity contribution in [2.24, 2.45) is 5.73 Å². The molecule has 0 atom stereocenters. The minimum Gasteiger partial charge on any atom is -0.507 e. The second-order valence-corrected chi connectivity index (χ2v) is 7.16. The van der Waals surface area contributed by atoms with Crippen molar-refractivity contribution in [1.82, 2.24) is 4.98 Å². The van der Waals surface area contributed by atoms with Crippen LogP contribution in [0.2, 0.25) is 12.6 Å². The summed E-state index contributed by atoms with van der Waals surface area (Å²) in [5.74, 6) is 3.02. The molecule has 1 aliphatic heterocycles. The van der Waals surface area contributed by atoms with Gasteiger partial charge in [-0.1, -0.05) is 30.6 Å². The summed E-state index contributed by atoms with van der Waals surface area (Å²) in [4.78, 5) is 3.20. The van der Waals surface area contributed by atoms with E-state index >= 15 is 0 Å². The highest BCUT2D eigenvalue weighted by Crippen LogP contribution is 2.34. The number of H-pyrrole nitrogens is 1. The summed E-state index contributed by atoms with van der Waals surface area (Å²) in [6, 6.07) is 13.2. The van der Waals surface area contributed by atoms with E-state index in [-0.39, 0.29) is 12.5 Å². The number of phenols is 1. The number of nitrogens with one attached hydrogen (secondary N) is 1. The second-order valence-electron chi connectivity index (χ2n) is 7.16. The van der Waals surface area contributed by atoms with Crippen LogP contribution in [0.5, 0.6) is 5.75 Å². The number of hydrogen-bond acceptors (Lipinski definition) is 4. The van der Waals surface area contributed by atoms with Gasteiger partial charge in [0.15, 0.2) is 0 Å². The number of aromatic nitrogens is 1. The van der Waals surface area contributed by atoms with Crippen LogP contribution in [0.25, 0.3) is 28.2 Å². The fourth-order valence-electron chi connectivity index (χ4n) is 3.75. The second kappa shape index (κ2) is 7.20. The molecule has 5 nitrogen and oxygen atoms in total. The number of allylic oxidation sites excluding steroid dienone is 2. The van der Waals surface area contributed by atoms with E-state index in [0.29, 0.717) is 17.1 Å². The summed E-state index contributed by atoms with van der Waals surface area (Å²) in [6.45, 7) is 0.118. The van der Waals surface area contributed by atoms with E-state index in [1.165, 1.54) is 5.57 Å². The maximum absolute atomic E-state index is 10.1. The molecule has 2 heterocycles. The van der Waals surface area contributed by atoms with Gasteiger partial charge in [0.1, 0.15) is 11.6 Å². The summed E-state index contributed by atoms with van der Waals surface area (Å²) in [7, 11) is 0. The topological polar surface area (TPSA) is 112 Å². The minimum atomic E-state index is 0.118. The van der Waals surface area contributed by atoms with E-state index in [2.05, 4.69) is 29.2 Å². The number of aromatic amines is 1. The van der Waals surface area contributed by atoms with E-state index in [1.54, 1.807) is 24.3 Å². The lowest BCUT2D eigenvalue weighted by Gasteiger charge is -2.15. The number of nitriles is 1. The standard InChI is InChI=1S/C22H21BN4O/c24-13-23-9-7-14(8-10-23)15-5-6-20-17(11-15)18(22(26)27-20)12-19(25)16-3-1-2-4-21(16)28/h1-7,11-12,27-28H,8-10,25-26H2/b19-12-. The largest absolute Gasteiger partial charge is 0.507 e. The molecule has 1 aliphatic rings. The van der Waals surface area contributed by atoms with Crippen LogP contribution >= 0.6 is 0 Å². The normalized spacial score (nSPS) is 14.8. The Balaban J connectivity index is 1.76. The Labute approximate surface area is 164 Å². The molecule has 1 aromatic heterocycles. The molecule has 0 unspecified atom stereocenters. The van der Waals surface area contributed by atoms with Crippen molar-refractivity contribution in [2.75, 3.05) is 5.73 Å². The summed E-state index contributed by atoms with van der Waals surface area (Å²) in [5, 5.41) is 20.1. The Morgan fingerprint density at radius 3 is 2.79 bits per heavy atom. The van der Waals surface area contributed by atoms with Crippen molar-refractivity contribution in [3.8, 4) is 11.7 Å². The zero-order valence-electron chi connectivity index (χ0n) is 15.4. The summed E-state index contributed by atoms with van der Waals surface area (Å²) >= 11 is 0. The van der Waals surface area contributed by atoms with Crippen molar-refractivity contribution >= 4 is 40.8 Å². The first kappa shape index (κ1) is 17.8. The van der Waals surface area contributed by atoms with Crippen LogP contribution in [0.1, 0.15) is 23.1 Å². The molecule has 2 aromatic carbocycles. The number of fused-ring (bicyclic) bond motifs is 1. The first-order valence-electron chi connectivity index (χ1n) is 9.32. The number of benzene rings is 2. The number of aromatic hydroxyl groups is 1. The monoisotopic (exact) mass is 368 g/mol. The van der Waals surface area contributed by atoms with E-state index in [4.69, 9.17) is 16.7 Å². The SMILES string of the molecule is N#CB1CC=C(c2ccc3[nH]c(N)c(/C=C(\N)c4ccccc4O)c3c2)CC1. The summed E-state index contributed by atoms with van der Waals surface area (Å²) in [6.07, 6.45) is 6.55. The highest BCUT2D eigenvalue weighted by Gasteiger charge is 2.19. The molecule has 6 N–H and O–H groups in total. The van der Waals surface area contributed by atoms with Gasteiger partial charge < -0.3 is 21.6 Å². The first-order valence-corrected chi connectivity index (χ1v) is 9.32. The molecule has 0 amide bonds. The Kier molecular flexibility index (Phi) is 4.58. The Bertz CT molecular complexity index is 1150. The number of nitrogens with zero attached hydrogens (tertiary/aromatic N) is 1. The highest BCUT2D eigenvalue weighted by molar-refractivity contribution is 6.67. The number of hydrogen-bond donors (Lipinski definition) is 4. The molecule has 138 valence electrons. The van der Waals surface area contributed by atoms with Crippen molar-refractivity contribution < 1.29 is 5.11 Å². The fraction of sp³-hybridized carbons (Fsp3) is 0.136. The molecule has 3 aromatic rings. The third kappa shape index (κ3) is 3.23. The van der Waals surface area contributed by atoms with Gasteiger partial charge in [0.05, 0.1) is 0 Å². The average molecular weight is 368 g/mol. The molecule has 0 aliphatic carbocycles. The van der Waals surface area contributed by atoms with Crippen LogP contribution in [0.3, 0.4) is 0 Å². The summed E-state index contributed by atoms with van der Waals surface area (Å²) < 4.78 is 0. The summed E-state index contributed by atoms with van der Waals surface area (Å²) in [5.41, 5.74) is 17.6. The number of rotatable bonds is 3. The van der Waals surface area contributed by atoms with Gasteiger partial charge in [-0.3, -0.25) is 0 Å². The van der Waals surface area contributed by atoms with Gasteiger partial charge in [-0.2, -0.15) is 0 Å². The molecule has 4 rings (SSSR count). The molecule has 0 saturated heterocycles. The van der Waals surface area contributed by atoms with Crippen molar-refractivity contribution in [2.45, 2.75) is 19.1 Å². The molecule has 0 radical (unpaired) electrons. The van der Waals surface area contributed by atoms with Crippen LogP contribution < -0.4 is 11.5 Å². The number of nitrogen functional groups attached to an aromatic ring is 1. The van der Waals surface area contributed by atoms with E-state index in [9.17, 15) is 5.11 Å². The predicted molar refractivity (Wildman–Crippen MR) is 116 cm³/mol. The van der Waals surface area contributed by atoms with Crippen molar-refractivity contribution in [3.63, 3.8) is 0 Å². The van der Waals surface area contributed by atoms with Crippen molar-refractivity contribution in [1.29, 1.82) is 5.26 Å².